The highest BCUT2D eigenvalue weighted by molar-refractivity contribution is 6.07. The van der Waals surface area contributed by atoms with Crippen LogP contribution < -0.4 is 14.4 Å². The van der Waals surface area contributed by atoms with Crippen molar-refractivity contribution in [2.45, 2.75) is 45.1 Å². The van der Waals surface area contributed by atoms with Crippen molar-refractivity contribution < 1.29 is 32.2 Å². The van der Waals surface area contributed by atoms with Crippen molar-refractivity contribution >= 4 is 39.6 Å². The van der Waals surface area contributed by atoms with Crippen LogP contribution in [0.2, 0.25) is 0 Å². The number of nitrogens with one attached hydrogen (secondary N) is 1. The Kier molecular flexibility index (Phi) is 10.1. The van der Waals surface area contributed by atoms with Crippen LogP contribution in [0.4, 0.5) is 19.0 Å². The summed E-state index contributed by atoms with van der Waals surface area (Å²) in [6.07, 6.45) is 3.57. The lowest BCUT2D eigenvalue weighted by Gasteiger charge is -2.54. The Morgan fingerprint density at radius 3 is 2.54 bits per heavy atom. The number of hydrogen-bond donors (Lipinski definition) is 1. The molecule has 52 heavy (non-hydrogen) atoms. The van der Waals surface area contributed by atoms with Gasteiger partial charge in [0.25, 0.3) is 12.3 Å². The highest BCUT2D eigenvalue weighted by Gasteiger charge is 2.47. The fourth-order valence-corrected chi connectivity index (χ4v) is 7.89. The molecule has 0 aliphatic carbocycles. The lowest BCUT2D eigenvalue weighted by Crippen LogP contribution is -2.62. The van der Waals surface area contributed by atoms with Crippen LogP contribution in [0.5, 0.6) is 11.8 Å². The number of carbonyl (C=O) groups is 1. The number of methoxy groups -OCH3 is 1. The Hall–Kier alpha value is -4.69. The molecule has 0 unspecified atom stereocenters. The van der Waals surface area contributed by atoms with Crippen LogP contribution in [0.15, 0.2) is 43.4 Å². The van der Waals surface area contributed by atoms with Crippen LogP contribution >= 0.6 is 0 Å². The number of aromatic amines is 1. The van der Waals surface area contributed by atoms with E-state index in [1.807, 2.05) is 25.1 Å². The quantitative estimate of drug-likeness (QED) is 0.172. The zero-order valence-electron chi connectivity index (χ0n) is 29.6. The summed E-state index contributed by atoms with van der Waals surface area (Å²) in [5.41, 5.74) is 3.96. The van der Waals surface area contributed by atoms with Gasteiger partial charge in [-0.1, -0.05) is 25.3 Å². The summed E-state index contributed by atoms with van der Waals surface area (Å²) in [5, 5.41) is 8.69. The minimum absolute atomic E-state index is 0.119. The zero-order valence-corrected chi connectivity index (χ0v) is 29.6. The highest BCUT2D eigenvalue weighted by atomic mass is 19.3. The van der Waals surface area contributed by atoms with Crippen molar-refractivity contribution in [3.8, 4) is 22.9 Å². The number of fused-ring (bicyclic) bond motifs is 2. The number of carbonyl (C=O) groups excluding carboxylic acids is 1. The first-order valence-corrected chi connectivity index (χ1v) is 17.7. The number of amides is 1. The maximum absolute atomic E-state index is 13.9. The Balaban J connectivity index is 1.32. The number of aromatic nitrogens is 4. The first kappa shape index (κ1) is 35.7. The zero-order chi connectivity index (χ0) is 36.6. The molecular weight excluding hydrogens is 675 g/mol. The topological polar surface area (TPSA) is 109 Å². The van der Waals surface area contributed by atoms with Gasteiger partial charge >= 0.3 is 6.01 Å². The van der Waals surface area contributed by atoms with Gasteiger partial charge in [0.15, 0.2) is 11.6 Å². The number of nitrogens with zero attached hydrogens (tertiary/aromatic N) is 6. The second-order valence-corrected chi connectivity index (χ2v) is 14.1. The third-order valence-corrected chi connectivity index (χ3v) is 10.7. The minimum Gasteiger partial charge on any atom is -0.485 e. The number of H-pyrrole nitrogens is 1. The average Bonchev–Trinajstić information content (AvgIpc) is 3.61. The molecule has 1 N–H and O–H groups in total. The van der Waals surface area contributed by atoms with E-state index in [2.05, 4.69) is 33.2 Å². The van der Waals surface area contributed by atoms with Gasteiger partial charge in [-0.15, -0.1) is 0 Å². The van der Waals surface area contributed by atoms with Crippen LogP contribution in [0.3, 0.4) is 0 Å². The highest BCUT2D eigenvalue weighted by Crippen LogP contribution is 2.48. The Morgan fingerprint density at radius 1 is 1.12 bits per heavy atom. The van der Waals surface area contributed by atoms with Crippen LogP contribution in [0.25, 0.3) is 39.0 Å². The number of rotatable bonds is 12. The molecular formula is C38H44F3N7O4. The van der Waals surface area contributed by atoms with E-state index in [4.69, 9.17) is 24.2 Å². The number of benzene rings is 2. The SMILES string of the molecule is C=Cc1cc2c(N3CCC4(CC3)CN(C(=O)C(=C)F)C4)nc(OC3CCN(CCOC)CC3)nc2c(OCC(F)F)c1-c1c(C)ccc2[nH]ncc12. The van der Waals surface area contributed by atoms with Crippen LogP contribution in [-0.4, -0.2) is 115 Å². The summed E-state index contributed by atoms with van der Waals surface area (Å²) in [7, 11) is 1.69. The maximum atomic E-state index is 13.9. The molecule has 0 saturated carbocycles. The van der Waals surface area contributed by atoms with Gasteiger partial charge in [0.05, 0.1) is 18.3 Å². The Labute approximate surface area is 300 Å². The summed E-state index contributed by atoms with van der Waals surface area (Å²) < 4.78 is 59.2. The molecule has 0 radical (unpaired) electrons. The summed E-state index contributed by atoms with van der Waals surface area (Å²) in [4.78, 5) is 28.1. The molecule has 3 aliphatic heterocycles. The number of alkyl halides is 2. The first-order valence-electron chi connectivity index (χ1n) is 17.7. The lowest BCUT2D eigenvalue weighted by molar-refractivity contribution is -0.142. The van der Waals surface area contributed by atoms with Gasteiger partial charge in [-0.3, -0.25) is 9.89 Å². The first-order chi connectivity index (χ1) is 25.1. The molecule has 3 saturated heterocycles. The van der Waals surface area contributed by atoms with Crippen LogP contribution in [0.1, 0.15) is 36.8 Å². The number of hydrogen-bond acceptors (Lipinski definition) is 9. The van der Waals surface area contributed by atoms with E-state index >= 15 is 0 Å². The fourth-order valence-electron chi connectivity index (χ4n) is 7.89. The molecule has 3 fully saturated rings. The predicted molar refractivity (Wildman–Crippen MR) is 194 cm³/mol. The lowest BCUT2D eigenvalue weighted by atomic mass is 9.72. The van der Waals surface area contributed by atoms with Crippen molar-refractivity contribution in [1.29, 1.82) is 0 Å². The van der Waals surface area contributed by atoms with Crippen molar-refractivity contribution in [2.75, 3.05) is 71.0 Å². The molecule has 4 aromatic rings. The second-order valence-electron chi connectivity index (χ2n) is 14.1. The van der Waals surface area contributed by atoms with Gasteiger partial charge in [-0.05, 0) is 61.4 Å². The molecule has 5 heterocycles. The number of piperidine rings is 2. The van der Waals surface area contributed by atoms with Crippen LogP contribution in [0, 0.1) is 12.3 Å². The summed E-state index contributed by atoms with van der Waals surface area (Å²) in [6, 6.07) is 5.97. The van der Waals surface area contributed by atoms with E-state index in [0.29, 0.717) is 60.6 Å². The Morgan fingerprint density at radius 2 is 1.87 bits per heavy atom. The molecule has 14 heteroatoms. The van der Waals surface area contributed by atoms with E-state index in [1.165, 1.54) is 4.90 Å². The average molecular weight is 720 g/mol. The maximum Gasteiger partial charge on any atom is 0.319 e. The number of anilines is 1. The molecule has 0 bridgehead atoms. The van der Waals surface area contributed by atoms with Crippen molar-refractivity contribution in [3.63, 3.8) is 0 Å². The van der Waals surface area contributed by atoms with Crippen LogP contribution in [-0.2, 0) is 9.53 Å². The summed E-state index contributed by atoms with van der Waals surface area (Å²) in [6.45, 7) is 13.7. The van der Waals surface area contributed by atoms with Gasteiger partial charge in [0, 0.05) is 74.7 Å². The normalized spacial score (nSPS) is 18.0. The molecule has 3 aliphatic rings. The van der Waals surface area contributed by atoms with Gasteiger partial charge < -0.3 is 28.9 Å². The van der Waals surface area contributed by atoms with E-state index in [1.54, 1.807) is 19.4 Å². The van der Waals surface area contributed by atoms with Crippen molar-refractivity contribution in [3.05, 3.63) is 54.5 Å². The molecule has 7 rings (SSSR count). The van der Waals surface area contributed by atoms with Gasteiger partial charge in [0.1, 0.15) is 24.0 Å². The molecule has 2 aromatic heterocycles. The van der Waals surface area contributed by atoms with E-state index < -0.39 is 24.8 Å². The minimum atomic E-state index is -2.73. The van der Waals surface area contributed by atoms with Gasteiger partial charge in [-0.25, -0.2) is 13.2 Å². The number of halogens is 3. The number of ether oxygens (including phenoxy) is 3. The van der Waals surface area contributed by atoms with Crippen molar-refractivity contribution in [1.82, 2.24) is 30.0 Å². The summed E-state index contributed by atoms with van der Waals surface area (Å²) >= 11 is 0. The number of likely N-dealkylation sites (tertiary alicyclic amines) is 2. The third-order valence-electron chi connectivity index (χ3n) is 10.7. The largest absolute Gasteiger partial charge is 0.485 e. The smallest absolute Gasteiger partial charge is 0.319 e. The molecule has 11 nitrogen and oxygen atoms in total. The van der Waals surface area contributed by atoms with Crippen molar-refractivity contribution in [2.24, 2.45) is 5.41 Å². The predicted octanol–water partition coefficient (Wildman–Crippen LogP) is 6.17. The molecule has 1 spiro atoms. The van der Waals surface area contributed by atoms with E-state index in [9.17, 15) is 18.0 Å². The number of aryl methyl sites for hydroxylation is 1. The molecule has 1 amide bonds. The monoisotopic (exact) mass is 719 g/mol. The van der Waals surface area contributed by atoms with Gasteiger partial charge in [0.2, 0.25) is 0 Å². The Bertz CT molecular complexity index is 1980. The van der Waals surface area contributed by atoms with E-state index in [-0.39, 0.29) is 23.3 Å². The molecule has 276 valence electrons. The van der Waals surface area contributed by atoms with Gasteiger partial charge in [-0.2, -0.15) is 15.1 Å². The second kappa shape index (κ2) is 14.7. The molecule has 0 atom stereocenters. The fraction of sp³-hybridized carbons (Fsp3) is 0.474. The molecule has 2 aromatic carbocycles. The third kappa shape index (κ3) is 6.93. The standard InChI is InChI=1S/C38H44F3N7O4/c1-5-25-18-27-33(34(51-20-30(40)41)32(25)31-23(2)6-7-29-28(31)19-42-45-29)43-37(52-26-8-12-46(13-9-26)16-17-50-4)44-35(27)47-14-10-38(11-15-47)21-48(22-38)36(49)24(3)39/h5-7,18-19,26,30H,1,3,8-17,20-22H2,2,4H3,(H,42,45). The summed E-state index contributed by atoms with van der Waals surface area (Å²) in [5.74, 6) is -0.812. The van der Waals surface area contributed by atoms with E-state index in [0.717, 1.165) is 67.3 Å².